The minimum Gasteiger partial charge on any atom is -0.362 e. The molecule has 25 heavy (non-hydrogen) atoms. The first-order chi connectivity index (χ1) is 11.8. The summed E-state index contributed by atoms with van der Waals surface area (Å²) in [6.45, 7) is 5.66. The summed E-state index contributed by atoms with van der Waals surface area (Å²) < 4.78 is 0. The number of benzene rings is 1. The van der Waals surface area contributed by atoms with Crippen LogP contribution in [0.2, 0.25) is 10.0 Å². The lowest BCUT2D eigenvalue weighted by molar-refractivity contribution is -0.115. The van der Waals surface area contributed by atoms with Crippen LogP contribution in [0.5, 0.6) is 0 Å². The van der Waals surface area contributed by atoms with Gasteiger partial charge in [0, 0.05) is 34.9 Å². The number of hydrogen-bond acceptors (Lipinski definition) is 4. The fraction of sp³-hybridized carbons (Fsp3) is 0.368. The van der Waals surface area contributed by atoms with E-state index in [4.69, 9.17) is 23.2 Å². The van der Waals surface area contributed by atoms with Crippen LogP contribution in [0.1, 0.15) is 45.1 Å². The third-order valence-electron chi connectivity index (χ3n) is 4.24. The highest BCUT2D eigenvalue weighted by Crippen LogP contribution is 2.44. The van der Waals surface area contributed by atoms with Crippen LogP contribution >= 0.6 is 35.0 Å². The molecule has 0 spiro atoms. The van der Waals surface area contributed by atoms with E-state index in [9.17, 15) is 9.59 Å². The summed E-state index contributed by atoms with van der Waals surface area (Å²) in [5.74, 6) is -0.487. The highest BCUT2D eigenvalue weighted by molar-refractivity contribution is 8.13. The minimum atomic E-state index is -0.508. The topological polar surface area (TPSA) is 46.2 Å². The smallest absolute Gasteiger partial charge is 0.217 e. The second-order valence-corrected chi connectivity index (χ2v) is 7.51. The summed E-state index contributed by atoms with van der Waals surface area (Å²) >= 11 is 13.8. The number of allylic oxidation sites excluding steroid dienone is 3. The van der Waals surface area contributed by atoms with Crippen molar-refractivity contribution in [2.24, 2.45) is 0 Å². The van der Waals surface area contributed by atoms with Gasteiger partial charge in [0.2, 0.25) is 5.12 Å². The molecule has 1 N–H and O–H groups in total. The van der Waals surface area contributed by atoms with E-state index in [1.807, 2.05) is 26.8 Å². The first kappa shape index (κ1) is 20.1. The summed E-state index contributed by atoms with van der Waals surface area (Å²) in [5, 5.41) is 3.90. The Kier molecular flexibility index (Phi) is 6.78. The van der Waals surface area contributed by atoms with Crippen LogP contribution in [-0.4, -0.2) is 17.2 Å². The molecular formula is C19H21Cl2NO2S. The molecule has 1 aliphatic rings. The Morgan fingerprint density at radius 1 is 1.16 bits per heavy atom. The van der Waals surface area contributed by atoms with Gasteiger partial charge >= 0.3 is 0 Å². The maximum atomic E-state index is 12.8. The Labute approximate surface area is 162 Å². The SMILES string of the molecule is CCCC(=O)C1=C(C)NC(C)=C(C(=O)SC)C1c1cccc(Cl)c1Cl. The van der Waals surface area contributed by atoms with Crippen molar-refractivity contribution in [3.8, 4) is 0 Å². The van der Waals surface area contributed by atoms with Crippen LogP contribution in [0.25, 0.3) is 0 Å². The van der Waals surface area contributed by atoms with E-state index < -0.39 is 5.92 Å². The predicted molar refractivity (Wildman–Crippen MR) is 106 cm³/mol. The number of dihydropyridines is 1. The molecule has 0 radical (unpaired) electrons. The van der Waals surface area contributed by atoms with Gasteiger partial charge in [0.05, 0.1) is 10.0 Å². The zero-order valence-electron chi connectivity index (χ0n) is 14.7. The highest BCUT2D eigenvalue weighted by atomic mass is 35.5. The molecule has 3 nitrogen and oxygen atoms in total. The third-order valence-corrected chi connectivity index (χ3v) is 5.66. The summed E-state index contributed by atoms with van der Waals surface area (Å²) in [6.07, 6.45) is 2.89. The highest BCUT2D eigenvalue weighted by Gasteiger charge is 2.36. The molecule has 0 saturated heterocycles. The number of thioether (sulfide) groups is 1. The van der Waals surface area contributed by atoms with Crippen molar-refractivity contribution in [3.05, 3.63) is 56.3 Å². The Morgan fingerprint density at radius 2 is 1.80 bits per heavy atom. The van der Waals surface area contributed by atoms with Gasteiger partial charge in [0.1, 0.15) is 0 Å². The maximum Gasteiger partial charge on any atom is 0.217 e. The number of carbonyl (C=O) groups excluding carboxylic acids is 2. The molecule has 1 atom stereocenters. The number of hydrogen-bond donors (Lipinski definition) is 1. The predicted octanol–water partition coefficient (Wildman–Crippen LogP) is 5.49. The number of ketones is 1. The van der Waals surface area contributed by atoms with Gasteiger partial charge in [-0.25, -0.2) is 0 Å². The van der Waals surface area contributed by atoms with Gasteiger partial charge in [-0.2, -0.15) is 0 Å². The molecule has 1 unspecified atom stereocenters. The number of rotatable bonds is 5. The first-order valence-electron chi connectivity index (χ1n) is 8.07. The lowest BCUT2D eigenvalue weighted by Crippen LogP contribution is -2.30. The van der Waals surface area contributed by atoms with Crippen molar-refractivity contribution in [2.75, 3.05) is 6.26 Å². The summed E-state index contributed by atoms with van der Waals surface area (Å²) in [4.78, 5) is 25.5. The fourth-order valence-electron chi connectivity index (χ4n) is 3.16. The Balaban J connectivity index is 2.74. The van der Waals surface area contributed by atoms with Crippen LogP contribution in [0.3, 0.4) is 0 Å². The molecule has 0 amide bonds. The standard InChI is InChI=1S/C19H21Cl2NO2S/c1-5-7-14(23)15-10(2)22-11(3)16(19(24)25-4)17(15)12-8-6-9-13(20)18(12)21/h6,8-9,17,22H,5,7H2,1-4H3. The van der Waals surface area contributed by atoms with Gasteiger partial charge in [0.25, 0.3) is 0 Å². The summed E-state index contributed by atoms with van der Waals surface area (Å²) in [7, 11) is 0. The van der Waals surface area contributed by atoms with Gasteiger partial charge < -0.3 is 5.32 Å². The number of Topliss-reactive ketones (excluding diaryl/α,β-unsaturated/α-hetero) is 1. The molecule has 1 aromatic rings. The molecule has 2 rings (SSSR count). The lowest BCUT2D eigenvalue weighted by Gasteiger charge is -2.31. The summed E-state index contributed by atoms with van der Waals surface area (Å²) in [6, 6.07) is 5.32. The second kappa shape index (κ2) is 8.43. The van der Waals surface area contributed by atoms with E-state index in [2.05, 4.69) is 5.32 Å². The lowest BCUT2D eigenvalue weighted by atomic mass is 9.78. The van der Waals surface area contributed by atoms with Gasteiger partial charge in [-0.05, 0) is 38.2 Å². The Bertz CT molecular complexity index is 784. The molecule has 1 heterocycles. The van der Waals surface area contributed by atoms with Gasteiger partial charge in [-0.1, -0.05) is 54.0 Å². The quantitative estimate of drug-likeness (QED) is 0.713. The number of nitrogens with one attached hydrogen (secondary N) is 1. The molecule has 6 heteroatoms. The second-order valence-electron chi connectivity index (χ2n) is 5.94. The van der Waals surface area contributed by atoms with Gasteiger partial charge in [-0.15, -0.1) is 0 Å². The monoisotopic (exact) mass is 397 g/mol. The molecule has 134 valence electrons. The molecule has 0 aromatic heterocycles. The molecule has 1 aromatic carbocycles. The fourth-order valence-corrected chi connectivity index (χ4v) is 4.07. The van der Waals surface area contributed by atoms with Crippen LogP contribution in [-0.2, 0) is 9.59 Å². The molecule has 0 bridgehead atoms. The third kappa shape index (κ3) is 3.97. The Hall–Kier alpha value is -1.23. The Morgan fingerprint density at radius 3 is 2.40 bits per heavy atom. The van der Waals surface area contributed by atoms with Gasteiger partial charge in [-0.3, -0.25) is 9.59 Å². The minimum absolute atomic E-state index is 0.0208. The van der Waals surface area contributed by atoms with E-state index in [0.29, 0.717) is 33.2 Å². The summed E-state index contributed by atoms with van der Waals surface area (Å²) in [5.41, 5.74) is 3.34. The molecule has 0 fully saturated rings. The van der Waals surface area contributed by atoms with Crippen LogP contribution in [0, 0.1) is 0 Å². The van der Waals surface area contributed by atoms with Crippen molar-refractivity contribution >= 4 is 45.9 Å². The molecule has 1 aliphatic heterocycles. The van der Waals surface area contributed by atoms with Gasteiger partial charge in [0.15, 0.2) is 5.78 Å². The molecule has 0 saturated carbocycles. The average Bonchev–Trinajstić information content (AvgIpc) is 2.56. The van der Waals surface area contributed by atoms with Crippen molar-refractivity contribution in [3.63, 3.8) is 0 Å². The van der Waals surface area contributed by atoms with Crippen molar-refractivity contribution < 1.29 is 9.59 Å². The first-order valence-corrected chi connectivity index (χ1v) is 10.0. The van der Waals surface area contributed by atoms with E-state index in [1.165, 1.54) is 0 Å². The zero-order valence-corrected chi connectivity index (χ0v) is 17.0. The zero-order chi connectivity index (χ0) is 18.7. The van der Waals surface area contributed by atoms with Crippen LogP contribution in [0.15, 0.2) is 40.7 Å². The normalized spacial score (nSPS) is 17.6. The van der Waals surface area contributed by atoms with Crippen LogP contribution in [0.4, 0.5) is 0 Å². The number of halogens is 2. The van der Waals surface area contributed by atoms with Crippen LogP contribution < -0.4 is 5.32 Å². The molecule has 0 aliphatic carbocycles. The largest absolute Gasteiger partial charge is 0.362 e. The van der Waals surface area contributed by atoms with Crippen molar-refractivity contribution in [2.45, 2.75) is 39.5 Å². The van der Waals surface area contributed by atoms with E-state index >= 15 is 0 Å². The number of carbonyl (C=O) groups is 2. The van der Waals surface area contributed by atoms with Crippen molar-refractivity contribution in [1.82, 2.24) is 5.32 Å². The van der Waals surface area contributed by atoms with Crippen molar-refractivity contribution in [1.29, 1.82) is 0 Å². The van der Waals surface area contributed by atoms with E-state index in [1.54, 1.807) is 18.4 Å². The van der Waals surface area contributed by atoms with E-state index in [-0.39, 0.29) is 10.9 Å². The van der Waals surface area contributed by atoms with E-state index in [0.717, 1.165) is 29.6 Å². The average molecular weight is 398 g/mol. The molecular weight excluding hydrogens is 377 g/mol. The maximum absolute atomic E-state index is 12.8.